The van der Waals surface area contributed by atoms with Crippen LogP contribution in [0.5, 0.6) is 0 Å². The molecule has 0 aromatic rings. The Morgan fingerprint density at radius 1 is 1.00 bits per heavy atom. The lowest BCUT2D eigenvalue weighted by atomic mass is 10.4. The van der Waals surface area contributed by atoms with Crippen LogP contribution < -0.4 is 11.9 Å². The minimum atomic E-state index is -1.38. The van der Waals surface area contributed by atoms with Crippen molar-refractivity contribution in [3.05, 3.63) is 38.0 Å². The average molecular weight is 493 g/mol. The van der Waals surface area contributed by atoms with Crippen LogP contribution >= 0.6 is 10.8 Å². The Bertz CT molecular complexity index is 530. The number of Topliss-reactive ketones (excluding diaryl/α,β-unsaturated/α-hetero) is 1. The van der Waals surface area contributed by atoms with Crippen LogP contribution in [0.15, 0.2) is 38.0 Å². The first-order chi connectivity index (χ1) is 12.0. The lowest BCUT2D eigenvalue weighted by Crippen LogP contribution is -2.35. The molecule has 0 bridgehead atoms. The SMILES string of the molecule is C.C.C.C=CCS(=O)CC(N)C(=O)O.C=CCSS(=O)CC=C.CC(=O)C(=O)O.N. The molecule has 3 atom stereocenters. The van der Waals surface area contributed by atoms with E-state index < -0.39 is 44.4 Å². The number of ketones is 1. The number of carboxylic acids is 2. The molecule has 12 heteroatoms. The zero-order valence-electron chi connectivity index (χ0n) is 15.2. The maximum atomic E-state index is 10.9. The van der Waals surface area contributed by atoms with Crippen LogP contribution in [-0.4, -0.2) is 65.4 Å². The summed E-state index contributed by atoms with van der Waals surface area (Å²) < 4.78 is 21.6. The molecule has 0 rings (SSSR count). The van der Waals surface area contributed by atoms with Gasteiger partial charge in [-0.1, -0.05) is 51.3 Å². The number of carbonyl (C=O) groups is 3. The number of carboxylic acid groups (broad SMARTS) is 2. The van der Waals surface area contributed by atoms with Gasteiger partial charge in [-0.2, -0.15) is 0 Å². The minimum Gasteiger partial charge on any atom is -0.480 e. The fourth-order valence-corrected chi connectivity index (χ4v) is 3.54. The summed E-state index contributed by atoms with van der Waals surface area (Å²) in [5, 5.41) is 16.0. The van der Waals surface area contributed by atoms with Gasteiger partial charge in [-0.15, -0.1) is 19.7 Å². The molecule has 0 aromatic heterocycles. The monoisotopic (exact) mass is 492 g/mol. The normalized spacial score (nSPS) is 10.9. The molecule has 0 fully saturated rings. The molecule has 0 radical (unpaired) electrons. The lowest BCUT2D eigenvalue weighted by molar-refractivity contribution is -0.148. The van der Waals surface area contributed by atoms with Crippen molar-refractivity contribution >= 4 is 49.1 Å². The van der Waals surface area contributed by atoms with Crippen molar-refractivity contribution in [1.82, 2.24) is 6.15 Å². The Morgan fingerprint density at radius 3 is 1.67 bits per heavy atom. The number of hydrogen-bond donors (Lipinski definition) is 4. The Balaban J connectivity index is -0.0000000513. The molecule has 0 saturated carbocycles. The van der Waals surface area contributed by atoms with E-state index in [0.29, 0.717) is 11.5 Å². The van der Waals surface area contributed by atoms with Gasteiger partial charge >= 0.3 is 11.9 Å². The summed E-state index contributed by atoms with van der Waals surface area (Å²) in [6.07, 6.45) is 4.88. The van der Waals surface area contributed by atoms with Crippen molar-refractivity contribution in [2.24, 2.45) is 5.73 Å². The Kier molecular flexibility index (Phi) is 49.8. The van der Waals surface area contributed by atoms with Crippen LogP contribution in [0.2, 0.25) is 0 Å². The molecule has 182 valence electrons. The maximum absolute atomic E-state index is 10.9. The zero-order valence-corrected chi connectivity index (χ0v) is 17.7. The van der Waals surface area contributed by atoms with E-state index in [0.717, 1.165) is 12.7 Å². The van der Waals surface area contributed by atoms with Gasteiger partial charge in [-0.3, -0.25) is 13.8 Å². The first-order valence-corrected chi connectivity index (χ1v) is 11.3. The predicted octanol–water partition coefficient (Wildman–Crippen LogP) is 2.82. The maximum Gasteiger partial charge on any atom is 0.371 e. The van der Waals surface area contributed by atoms with Crippen molar-refractivity contribution in [1.29, 1.82) is 0 Å². The van der Waals surface area contributed by atoms with Gasteiger partial charge in [0.2, 0.25) is 5.78 Å². The van der Waals surface area contributed by atoms with E-state index in [2.05, 4.69) is 19.7 Å². The smallest absolute Gasteiger partial charge is 0.371 e. The van der Waals surface area contributed by atoms with Gasteiger partial charge in [-0.05, 0) is 0 Å². The fraction of sp³-hybridized carbons (Fsp3) is 0.500. The molecule has 0 heterocycles. The summed E-state index contributed by atoms with van der Waals surface area (Å²) in [7, 11) is -0.603. The summed E-state index contributed by atoms with van der Waals surface area (Å²) in [6, 6.07) is -1.03. The van der Waals surface area contributed by atoms with Gasteiger partial charge < -0.3 is 22.1 Å². The fourth-order valence-electron chi connectivity index (χ4n) is 0.739. The third-order valence-electron chi connectivity index (χ3n) is 1.86. The molecule has 30 heavy (non-hydrogen) atoms. The van der Waals surface area contributed by atoms with E-state index in [1.54, 1.807) is 12.2 Å². The molecule has 0 spiro atoms. The van der Waals surface area contributed by atoms with Crippen LogP contribution in [-0.2, 0) is 35.0 Å². The second-order valence-electron chi connectivity index (χ2n) is 4.20. The molecule has 0 aliphatic rings. The van der Waals surface area contributed by atoms with Crippen molar-refractivity contribution in [3.63, 3.8) is 0 Å². The Hall–Kier alpha value is -1.60. The standard InChI is InChI=1S/C6H11NO3S.C6H10OS2.C3H4O3.3CH4.H3N/c1-2-3-11(10)4-5(7)6(8)9;1-3-5-8-9(7)6-4-2;1-2(4)3(5)6;;;;/h2,5H,1,3-4,7H2,(H,8,9);3-4H,1-2,5-6H2;1H3,(H,5,6);3*1H4;1H3. The van der Waals surface area contributed by atoms with Gasteiger partial charge in [0.15, 0.2) is 0 Å². The van der Waals surface area contributed by atoms with E-state index in [1.807, 2.05) is 0 Å². The van der Waals surface area contributed by atoms with E-state index in [-0.39, 0.29) is 34.2 Å². The highest BCUT2D eigenvalue weighted by molar-refractivity contribution is 8.69. The summed E-state index contributed by atoms with van der Waals surface area (Å²) in [6.45, 7) is 11.4. The third-order valence-corrected chi connectivity index (χ3v) is 5.94. The summed E-state index contributed by atoms with van der Waals surface area (Å²) >= 11 is 0. The molecule has 0 aliphatic heterocycles. The molecular weight excluding hydrogens is 452 g/mol. The number of nitrogens with two attached hydrogens (primary N) is 1. The van der Waals surface area contributed by atoms with Crippen LogP contribution in [0.4, 0.5) is 0 Å². The van der Waals surface area contributed by atoms with Gasteiger partial charge in [-0.25, -0.2) is 9.00 Å². The highest BCUT2D eigenvalue weighted by Gasteiger charge is 2.13. The first-order valence-electron chi connectivity index (χ1n) is 6.94. The number of rotatable bonds is 11. The Morgan fingerprint density at radius 2 is 1.40 bits per heavy atom. The topological polar surface area (TPSA) is 187 Å². The quantitative estimate of drug-likeness (QED) is 0.190. The Labute approximate surface area is 190 Å². The third kappa shape index (κ3) is 40.9. The summed E-state index contributed by atoms with van der Waals surface area (Å²) in [5.74, 6) is -1.73. The van der Waals surface area contributed by atoms with Gasteiger partial charge in [0.25, 0.3) is 0 Å². The van der Waals surface area contributed by atoms with E-state index in [9.17, 15) is 22.8 Å². The van der Waals surface area contributed by atoms with E-state index in [1.165, 1.54) is 16.9 Å². The first kappa shape index (κ1) is 46.6. The largest absolute Gasteiger partial charge is 0.480 e. The second-order valence-corrected chi connectivity index (χ2v) is 9.08. The molecule has 9 nitrogen and oxygen atoms in total. The predicted molar refractivity (Wildman–Crippen MR) is 133 cm³/mol. The molecule has 0 saturated heterocycles. The van der Waals surface area contributed by atoms with Gasteiger partial charge in [0.1, 0.15) is 6.04 Å². The van der Waals surface area contributed by atoms with Crippen molar-refractivity contribution in [3.8, 4) is 0 Å². The number of hydrogen-bond acceptors (Lipinski definition) is 8. The molecular formula is C18H40N2O7S3. The van der Waals surface area contributed by atoms with Crippen molar-refractivity contribution in [2.75, 3.05) is 23.0 Å². The van der Waals surface area contributed by atoms with Crippen LogP contribution in [0.3, 0.4) is 0 Å². The summed E-state index contributed by atoms with van der Waals surface area (Å²) in [4.78, 5) is 29.0. The van der Waals surface area contributed by atoms with Crippen LogP contribution in [0, 0.1) is 0 Å². The number of aliphatic carboxylic acids is 2. The molecule has 0 amide bonds. The average Bonchev–Trinajstić information content (AvgIpc) is 2.54. The van der Waals surface area contributed by atoms with Crippen molar-refractivity contribution < 1.29 is 33.0 Å². The highest BCUT2D eigenvalue weighted by atomic mass is 33.1. The second kappa shape index (κ2) is 32.1. The van der Waals surface area contributed by atoms with Gasteiger partial charge in [0, 0.05) is 35.0 Å². The highest BCUT2D eigenvalue weighted by Crippen LogP contribution is 2.06. The minimum absolute atomic E-state index is 0. The van der Waals surface area contributed by atoms with E-state index in [4.69, 9.17) is 15.9 Å². The van der Waals surface area contributed by atoms with Gasteiger partial charge in [0.05, 0.1) is 15.6 Å². The molecule has 3 unspecified atom stereocenters. The summed E-state index contributed by atoms with van der Waals surface area (Å²) in [5.41, 5.74) is 5.12. The van der Waals surface area contributed by atoms with Crippen LogP contribution in [0.1, 0.15) is 29.2 Å². The van der Waals surface area contributed by atoms with E-state index >= 15 is 0 Å². The molecule has 0 aromatic carbocycles. The lowest BCUT2D eigenvalue weighted by Gasteiger charge is -2.03. The molecule has 0 aliphatic carbocycles. The molecule has 7 N–H and O–H groups in total. The van der Waals surface area contributed by atoms with Crippen molar-refractivity contribution in [2.45, 2.75) is 35.2 Å². The zero-order chi connectivity index (χ0) is 21.1. The van der Waals surface area contributed by atoms with Crippen LogP contribution in [0.25, 0.3) is 0 Å². The number of carbonyl (C=O) groups excluding carboxylic acids is 1.